The zero-order chi connectivity index (χ0) is 15.5. The van der Waals surface area contributed by atoms with Crippen LogP contribution in [0.2, 0.25) is 0 Å². The predicted octanol–water partition coefficient (Wildman–Crippen LogP) is 0.962. The largest absolute Gasteiger partial charge is 0.495 e. The maximum absolute atomic E-state index is 12.3. The van der Waals surface area contributed by atoms with Crippen molar-refractivity contribution in [2.24, 2.45) is 0 Å². The molecule has 2 aromatic rings. The molecule has 2 rings (SSSR count). The van der Waals surface area contributed by atoms with Crippen molar-refractivity contribution in [3.8, 4) is 5.75 Å². The van der Waals surface area contributed by atoms with Crippen molar-refractivity contribution >= 4 is 10.0 Å². The number of benzene rings is 1. The summed E-state index contributed by atoms with van der Waals surface area (Å²) in [6.07, 6.45) is 0. The SMILES string of the molecule is COc1cc(CO)ccc1S(=O)(=O)NCc1cc(C)no1. The summed E-state index contributed by atoms with van der Waals surface area (Å²) in [7, 11) is -2.39. The third-order valence-electron chi connectivity index (χ3n) is 2.81. The van der Waals surface area contributed by atoms with Crippen LogP contribution in [0.3, 0.4) is 0 Å². The Morgan fingerprint density at radius 2 is 2.14 bits per heavy atom. The number of nitrogens with zero attached hydrogens (tertiary/aromatic N) is 1. The number of hydrogen-bond acceptors (Lipinski definition) is 6. The zero-order valence-corrected chi connectivity index (χ0v) is 12.5. The molecule has 0 aliphatic heterocycles. The number of methoxy groups -OCH3 is 1. The molecule has 0 fully saturated rings. The second kappa shape index (κ2) is 6.25. The number of aryl methyl sites for hydroxylation is 1. The number of nitrogens with one attached hydrogen (secondary N) is 1. The van der Waals surface area contributed by atoms with Gasteiger partial charge in [0.15, 0.2) is 5.76 Å². The molecule has 8 heteroatoms. The standard InChI is InChI=1S/C13H16N2O5S/c1-9-5-11(20-15-9)7-14-21(17,18)13-4-3-10(8-16)6-12(13)19-2/h3-6,14,16H,7-8H2,1-2H3. The lowest BCUT2D eigenvalue weighted by atomic mass is 10.2. The van der Waals surface area contributed by atoms with Crippen molar-refractivity contribution in [2.75, 3.05) is 7.11 Å². The minimum absolute atomic E-state index is 0.00145. The Hall–Kier alpha value is -1.90. The van der Waals surface area contributed by atoms with Crippen molar-refractivity contribution in [3.05, 3.63) is 41.3 Å². The summed E-state index contributed by atoms with van der Waals surface area (Å²) in [5.74, 6) is 0.588. The van der Waals surface area contributed by atoms with E-state index in [1.165, 1.54) is 25.3 Å². The van der Waals surface area contributed by atoms with E-state index in [9.17, 15) is 8.42 Å². The van der Waals surface area contributed by atoms with Gasteiger partial charge in [-0.2, -0.15) is 0 Å². The molecule has 0 unspecified atom stereocenters. The molecular weight excluding hydrogens is 296 g/mol. The van der Waals surface area contributed by atoms with Crippen molar-refractivity contribution in [3.63, 3.8) is 0 Å². The highest BCUT2D eigenvalue weighted by Crippen LogP contribution is 2.25. The van der Waals surface area contributed by atoms with Gasteiger partial charge in [0.25, 0.3) is 0 Å². The van der Waals surface area contributed by atoms with E-state index in [0.29, 0.717) is 17.0 Å². The molecule has 21 heavy (non-hydrogen) atoms. The predicted molar refractivity (Wildman–Crippen MR) is 74.2 cm³/mol. The molecule has 1 aromatic carbocycles. The number of sulfonamides is 1. The fraction of sp³-hybridized carbons (Fsp3) is 0.308. The van der Waals surface area contributed by atoms with Crippen LogP contribution in [0.1, 0.15) is 17.0 Å². The van der Waals surface area contributed by atoms with E-state index >= 15 is 0 Å². The van der Waals surface area contributed by atoms with Crippen LogP contribution in [-0.2, 0) is 23.2 Å². The first kappa shape index (κ1) is 15.5. The summed E-state index contributed by atoms with van der Waals surface area (Å²) in [6.45, 7) is 1.55. The number of ether oxygens (including phenoxy) is 1. The van der Waals surface area contributed by atoms with Gasteiger partial charge < -0.3 is 14.4 Å². The molecule has 0 saturated heterocycles. The summed E-state index contributed by atoms with van der Waals surface area (Å²) in [5.41, 5.74) is 1.24. The fourth-order valence-corrected chi connectivity index (χ4v) is 2.92. The second-order valence-corrected chi connectivity index (χ2v) is 6.14. The smallest absolute Gasteiger partial charge is 0.244 e. The molecule has 2 N–H and O–H groups in total. The average Bonchev–Trinajstić information content (AvgIpc) is 2.90. The number of aromatic nitrogens is 1. The first-order valence-corrected chi connectivity index (χ1v) is 7.64. The van der Waals surface area contributed by atoms with Crippen LogP contribution in [0, 0.1) is 6.92 Å². The maximum atomic E-state index is 12.3. The molecule has 0 radical (unpaired) electrons. The number of aliphatic hydroxyl groups excluding tert-OH is 1. The molecule has 114 valence electrons. The molecule has 7 nitrogen and oxygen atoms in total. The Labute approximate surface area is 122 Å². The monoisotopic (exact) mass is 312 g/mol. The highest BCUT2D eigenvalue weighted by atomic mass is 32.2. The molecule has 0 spiro atoms. The van der Waals surface area contributed by atoms with E-state index < -0.39 is 10.0 Å². The van der Waals surface area contributed by atoms with Gasteiger partial charge >= 0.3 is 0 Å². The molecule has 1 heterocycles. The van der Waals surface area contributed by atoms with Gasteiger partial charge in [0.2, 0.25) is 10.0 Å². The number of aliphatic hydroxyl groups is 1. The molecule has 0 saturated carbocycles. The Balaban J connectivity index is 2.22. The highest BCUT2D eigenvalue weighted by Gasteiger charge is 2.20. The molecule has 1 aromatic heterocycles. The lowest BCUT2D eigenvalue weighted by Gasteiger charge is -2.11. The first-order chi connectivity index (χ1) is 9.96. The van der Waals surface area contributed by atoms with Crippen LogP contribution in [0.15, 0.2) is 33.7 Å². The van der Waals surface area contributed by atoms with E-state index in [2.05, 4.69) is 9.88 Å². The van der Waals surface area contributed by atoms with E-state index in [4.69, 9.17) is 14.4 Å². The van der Waals surface area contributed by atoms with Crippen molar-refractivity contribution in [1.82, 2.24) is 9.88 Å². The number of hydrogen-bond donors (Lipinski definition) is 2. The van der Waals surface area contributed by atoms with Gasteiger partial charge in [-0.15, -0.1) is 0 Å². The molecule has 0 bridgehead atoms. The Morgan fingerprint density at radius 3 is 2.71 bits per heavy atom. The van der Waals surface area contributed by atoms with Gasteiger partial charge in [0.1, 0.15) is 10.6 Å². The summed E-state index contributed by atoms with van der Waals surface area (Å²) in [6, 6.07) is 6.04. The van der Waals surface area contributed by atoms with Gasteiger partial charge in [0.05, 0.1) is 26.0 Å². The molecule has 0 atom stereocenters. The first-order valence-electron chi connectivity index (χ1n) is 6.16. The molecule has 0 aliphatic carbocycles. The van der Waals surface area contributed by atoms with Gasteiger partial charge in [-0.3, -0.25) is 0 Å². The summed E-state index contributed by atoms with van der Waals surface area (Å²) in [5, 5.41) is 12.7. The summed E-state index contributed by atoms with van der Waals surface area (Å²) >= 11 is 0. The van der Waals surface area contributed by atoms with Crippen molar-refractivity contribution in [1.29, 1.82) is 0 Å². The highest BCUT2D eigenvalue weighted by molar-refractivity contribution is 7.89. The fourth-order valence-electron chi connectivity index (χ4n) is 1.78. The van der Waals surface area contributed by atoms with E-state index in [1.807, 2.05) is 0 Å². The maximum Gasteiger partial charge on any atom is 0.244 e. The van der Waals surface area contributed by atoms with Crippen LogP contribution in [-0.4, -0.2) is 25.8 Å². The van der Waals surface area contributed by atoms with Gasteiger partial charge in [0, 0.05) is 6.07 Å². The molecular formula is C13H16N2O5S. The van der Waals surface area contributed by atoms with Crippen LogP contribution in [0.25, 0.3) is 0 Å². The van der Waals surface area contributed by atoms with Crippen LogP contribution in [0.5, 0.6) is 5.75 Å². The zero-order valence-electron chi connectivity index (χ0n) is 11.7. The quantitative estimate of drug-likeness (QED) is 0.824. The minimum Gasteiger partial charge on any atom is -0.495 e. The third-order valence-corrected chi connectivity index (χ3v) is 4.25. The normalized spacial score (nSPS) is 11.6. The summed E-state index contributed by atoms with van der Waals surface area (Å²) < 4.78 is 37.0. The average molecular weight is 312 g/mol. The molecule has 0 amide bonds. The lowest BCUT2D eigenvalue weighted by molar-refractivity contribution is 0.280. The van der Waals surface area contributed by atoms with Crippen LogP contribution in [0.4, 0.5) is 0 Å². The van der Waals surface area contributed by atoms with E-state index in [0.717, 1.165) is 0 Å². The second-order valence-electron chi connectivity index (χ2n) is 4.40. The van der Waals surface area contributed by atoms with E-state index in [1.54, 1.807) is 13.0 Å². The van der Waals surface area contributed by atoms with Gasteiger partial charge in [-0.1, -0.05) is 11.2 Å². The topological polar surface area (TPSA) is 102 Å². The van der Waals surface area contributed by atoms with Crippen LogP contribution >= 0.6 is 0 Å². The van der Waals surface area contributed by atoms with Crippen molar-refractivity contribution < 1.29 is 22.8 Å². The van der Waals surface area contributed by atoms with E-state index in [-0.39, 0.29) is 23.8 Å². The van der Waals surface area contributed by atoms with Crippen LogP contribution < -0.4 is 9.46 Å². The van der Waals surface area contributed by atoms with Gasteiger partial charge in [-0.25, -0.2) is 13.1 Å². The Morgan fingerprint density at radius 1 is 1.38 bits per heavy atom. The van der Waals surface area contributed by atoms with Gasteiger partial charge in [-0.05, 0) is 24.6 Å². The van der Waals surface area contributed by atoms with Crippen molar-refractivity contribution in [2.45, 2.75) is 25.0 Å². The minimum atomic E-state index is -3.76. The number of rotatable bonds is 6. The third kappa shape index (κ3) is 3.60. The summed E-state index contributed by atoms with van der Waals surface area (Å²) in [4.78, 5) is -0.00145. The molecule has 0 aliphatic rings. The lowest BCUT2D eigenvalue weighted by Crippen LogP contribution is -2.23. The Bertz CT molecular complexity index is 724. The Kier molecular flexibility index (Phi) is 4.61.